The molecule has 0 bridgehead atoms. The van der Waals surface area contributed by atoms with E-state index in [9.17, 15) is 9.90 Å². The molecule has 0 saturated heterocycles. The van der Waals surface area contributed by atoms with Crippen molar-refractivity contribution in [1.29, 1.82) is 0 Å². The average molecular weight is 214 g/mol. The maximum absolute atomic E-state index is 11.3. The first-order valence-electron chi connectivity index (χ1n) is 5.87. The fraction of sp³-hybridized carbons (Fsp3) is 0.909. The van der Waals surface area contributed by atoms with Crippen molar-refractivity contribution in [2.45, 2.75) is 38.7 Å². The Morgan fingerprint density at radius 1 is 1.47 bits per heavy atom. The zero-order valence-corrected chi connectivity index (χ0v) is 9.46. The van der Waals surface area contributed by atoms with Gasteiger partial charge in [0.1, 0.15) is 0 Å². The van der Waals surface area contributed by atoms with E-state index in [0.717, 1.165) is 38.9 Å². The lowest BCUT2D eigenvalue weighted by Gasteiger charge is -2.10. The van der Waals surface area contributed by atoms with Gasteiger partial charge in [-0.2, -0.15) is 0 Å². The van der Waals surface area contributed by atoms with Crippen LogP contribution in [0.15, 0.2) is 0 Å². The molecular weight excluding hydrogens is 192 g/mol. The quantitative estimate of drug-likeness (QED) is 0.556. The van der Waals surface area contributed by atoms with E-state index in [1.165, 1.54) is 0 Å². The van der Waals surface area contributed by atoms with Gasteiger partial charge in [0.2, 0.25) is 5.91 Å². The third-order valence-electron chi connectivity index (χ3n) is 2.88. The van der Waals surface area contributed by atoms with E-state index in [4.69, 9.17) is 0 Å². The summed E-state index contributed by atoms with van der Waals surface area (Å²) in [5.41, 5.74) is 0. The van der Waals surface area contributed by atoms with Crippen molar-refractivity contribution in [2.75, 3.05) is 19.6 Å². The minimum Gasteiger partial charge on any atom is -0.393 e. The number of aliphatic hydroxyl groups is 1. The van der Waals surface area contributed by atoms with Gasteiger partial charge in [-0.15, -0.1) is 0 Å². The highest BCUT2D eigenvalue weighted by Gasteiger charge is 2.22. The second-order valence-electron chi connectivity index (χ2n) is 4.24. The molecule has 88 valence electrons. The second kappa shape index (κ2) is 6.80. The molecule has 0 spiro atoms. The van der Waals surface area contributed by atoms with Crippen LogP contribution in [0, 0.1) is 5.92 Å². The highest BCUT2D eigenvalue weighted by molar-refractivity contribution is 5.76. The summed E-state index contributed by atoms with van der Waals surface area (Å²) in [7, 11) is 0. The van der Waals surface area contributed by atoms with Crippen LogP contribution in [0.25, 0.3) is 0 Å². The highest BCUT2D eigenvalue weighted by atomic mass is 16.3. The maximum Gasteiger partial charge on any atom is 0.221 e. The van der Waals surface area contributed by atoms with Crippen LogP contribution in [0.4, 0.5) is 0 Å². The smallest absolute Gasteiger partial charge is 0.221 e. The third kappa shape index (κ3) is 5.14. The zero-order chi connectivity index (χ0) is 11.1. The lowest BCUT2D eigenvalue weighted by molar-refractivity contribution is -0.121. The van der Waals surface area contributed by atoms with Gasteiger partial charge in [-0.25, -0.2) is 0 Å². The van der Waals surface area contributed by atoms with Gasteiger partial charge in [-0.05, 0) is 31.7 Å². The van der Waals surface area contributed by atoms with E-state index in [-0.39, 0.29) is 12.0 Å². The summed E-state index contributed by atoms with van der Waals surface area (Å²) < 4.78 is 0. The Morgan fingerprint density at radius 3 is 2.87 bits per heavy atom. The predicted octanol–water partition coefficient (Wildman–Crippen LogP) is 0.263. The molecule has 1 rings (SSSR count). The van der Waals surface area contributed by atoms with Gasteiger partial charge in [-0.1, -0.05) is 6.92 Å². The molecule has 2 atom stereocenters. The van der Waals surface area contributed by atoms with E-state index in [1.807, 2.05) is 6.92 Å². The fourth-order valence-corrected chi connectivity index (χ4v) is 1.96. The summed E-state index contributed by atoms with van der Waals surface area (Å²) >= 11 is 0. The van der Waals surface area contributed by atoms with Gasteiger partial charge < -0.3 is 15.7 Å². The van der Waals surface area contributed by atoms with Gasteiger partial charge >= 0.3 is 0 Å². The van der Waals surface area contributed by atoms with E-state index >= 15 is 0 Å². The van der Waals surface area contributed by atoms with Crippen molar-refractivity contribution in [1.82, 2.24) is 10.6 Å². The molecule has 0 radical (unpaired) electrons. The fourth-order valence-electron chi connectivity index (χ4n) is 1.96. The average Bonchev–Trinajstić information content (AvgIpc) is 2.62. The Bertz CT molecular complexity index is 197. The lowest BCUT2D eigenvalue weighted by atomic mass is 10.1. The van der Waals surface area contributed by atoms with E-state index in [1.54, 1.807) is 0 Å². The Morgan fingerprint density at radius 2 is 2.27 bits per heavy atom. The molecule has 4 nitrogen and oxygen atoms in total. The first kappa shape index (κ1) is 12.5. The Kier molecular flexibility index (Phi) is 5.65. The number of nitrogens with one attached hydrogen (secondary N) is 2. The molecule has 1 fully saturated rings. The molecule has 1 aliphatic carbocycles. The van der Waals surface area contributed by atoms with Crippen LogP contribution in [0.1, 0.15) is 32.6 Å². The Balaban J connectivity index is 2.01. The van der Waals surface area contributed by atoms with Crippen molar-refractivity contribution in [3.63, 3.8) is 0 Å². The molecule has 0 aromatic heterocycles. The predicted molar refractivity (Wildman–Crippen MR) is 59.5 cm³/mol. The third-order valence-corrected chi connectivity index (χ3v) is 2.88. The SMILES string of the molecule is CCNCCC(=O)NCC1CCC(O)C1. The van der Waals surface area contributed by atoms with Crippen molar-refractivity contribution < 1.29 is 9.90 Å². The monoisotopic (exact) mass is 214 g/mol. The van der Waals surface area contributed by atoms with Gasteiger partial charge in [0.15, 0.2) is 0 Å². The number of amides is 1. The maximum atomic E-state index is 11.3. The van der Waals surface area contributed by atoms with Crippen LogP contribution >= 0.6 is 0 Å². The van der Waals surface area contributed by atoms with Crippen LogP contribution in [0.2, 0.25) is 0 Å². The number of carbonyl (C=O) groups is 1. The van der Waals surface area contributed by atoms with Gasteiger partial charge in [0, 0.05) is 19.5 Å². The molecule has 1 aliphatic rings. The summed E-state index contributed by atoms with van der Waals surface area (Å²) in [5, 5.41) is 15.3. The first-order chi connectivity index (χ1) is 7.22. The van der Waals surface area contributed by atoms with Crippen molar-refractivity contribution in [3.05, 3.63) is 0 Å². The van der Waals surface area contributed by atoms with Crippen LogP contribution in [0.5, 0.6) is 0 Å². The van der Waals surface area contributed by atoms with Crippen molar-refractivity contribution in [2.24, 2.45) is 5.92 Å². The Labute approximate surface area is 91.4 Å². The molecule has 0 heterocycles. The molecule has 2 unspecified atom stereocenters. The molecule has 1 amide bonds. The number of aliphatic hydroxyl groups excluding tert-OH is 1. The summed E-state index contributed by atoms with van der Waals surface area (Å²) in [4.78, 5) is 11.3. The molecule has 15 heavy (non-hydrogen) atoms. The van der Waals surface area contributed by atoms with E-state index in [0.29, 0.717) is 12.3 Å². The molecule has 0 aromatic carbocycles. The van der Waals surface area contributed by atoms with Gasteiger partial charge in [0.05, 0.1) is 6.10 Å². The molecule has 0 aliphatic heterocycles. The number of hydrogen-bond acceptors (Lipinski definition) is 3. The summed E-state index contributed by atoms with van der Waals surface area (Å²) in [6, 6.07) is 0. The molecule has 0 aromatic rings. The van der Waals surface area contributed by atoms with Gasteiger partial charge in [-0.3, -0.25) is 4.79 Å². The molecule has 1 saturated carbocycles. The minimum absolute atomic E-state index is 0.109. The highest BCUT2D eigenvalue weighted by Crippen LogP contribution is 2.24. The normalized spacial score (nSPS) is 25.5. The van der Waals surface area contributed by atoms with Gasteiger partial charge in [0.25, 0.3) is 0 Å². The van der Waals surface area contributed by atoms with Crippen molar-refractivity contribution in [3.8, 4) is 0 Å². The van der Waals surface area contributed by atoms with Crippen LogP contribution in [-0.4, -0.2) is 36.8 Å². The van der Waals surface area contributed by atoms with Crippen LogP contribution < -0.4 is 10.6 Å². The lowest BCUT2D eigenvalue weighted by Crippen LogP contribution is -2.31. The van der Waals surface area contributed by atoms with Crippen LogP contribution in [-0.2, 0) is 4.79 Å². The summed E-state index contributed by atoms with van der Waals surface area (Å²) in [6.07, 6.45) is 3.16. The molecule has 3 N–H and O–H groups in total. The number of hydrogen-bond donors (Lipinski definition) is 3. The Hall–Kier alpha value is -0.610. The minimum atomic E-state index is -0.145. The molecular formula is C11H22N2O2. The first-order valence-corrected chi connectivity index (χ1v) is 5.87. The standard InChI is InChI=1S/C11H22N2O2/c1-2-12-6-5-11(15)13-8-9-3-4-10(14)7-9/h9-10,12,14H,2-8H2,1H3,(H,13,15). The number of carbonyl (C=O) groups excluding carboxylic acids is 1. The topological polar surface area (TPSA) is 61.4 Å². The second-order valence-corrected chi connectivity index (χ2v) is 4.24. The largest absolute Gasteiger partial charge is 0.393 e. The summed E-state index contributed by atoms with van der Waals surface area (Å²) in [5.74, 6) is 0.584. The zero-order valence-electron chi connectivity index (χ0n) is 9.46. The van der Waals surface area contributed by atoms with Crippen LogP contribution in [0.3, 0.4) is 0 Å². The molecule has 4 heteroatoms. The van der Waals surface area contributed by atoms with E-state index < -0.39 is 0 Å². The number of rotatable bonds is 6. The van der Waals surface area contributed by atoms with Crippen molar-refractivity contribution >= 4 is 5.91 Å². The van der Waals surface area contributed by atoms with E-state index in [2.05, 4.69) is 10.6 Å². The summed E-state index contributed by atoms with van der Waals surface area (Å²) in [6.45, 7) is 4.40.